The van der Waals surface area contributed by atoms with Crippen LogP contribution in [0.15, 0.2) is 17.0 Å². The second kappa shape index (κ2) is 7.63. The lowest BCUT2D eigenvalue weighted by Crippen LogP contribution is -2.33. The van der Waals surface area contributed by atoms with Crippen molar-refractivity contribution in [2.24, 2.45) is 0 Å². The van der Waals surface area contributed by atoms with Crippen LogP contribution in [0.3, 0.4) is 0 Å². The van der Waals surface area contributed by atoms with E-state index in [9.17, 15) is 13.2 Å². The lowest BCUT2D eigenvalue weighted by molar-refractivity contribution is -0.121. The van der Waals surface area contributed by atoms with Crippen molar-refractivity contribution in [2.75, 3.05) is 13.2 Å². The molecule has 0 aliphatic heterocycles. The quantitative estimate of drug-likeness (QED) is 0.742. The van der Waals surface area contributed by atoms with E-state index in [-0.39, 0.29) is 31.0 Å². The number of aryl methyl sites for hydroxylation is 3. The van der Waals surface area contributed by atoms with Gasteiger partial charge >= 0.3 is 0 Å². The normalized spacial score (nSPS) is 20.0. The van der Waals surface area contributed by atoms with Crippen molar-refractivity contribution in [1.82, 2.24) is 10.0 Å². The van der Waals surface area contributed by atoms with Crippen LogP contribution in [0.25, 0.3) is 0 Å². The summed E-state index contributed by atoms with van der Waals surface area (Å²) in [5, 5.41) is 2.85. The Morgan fingerprint density at radius 3 is 2.46 bits per heavy atom. The summed E-state index contributed by atoms with van der Waals surface area (Å²) in [6, 6.07) is 3.75. The van der Waals surface area contributed by atoms with E-state index < -0.39 is 10.0 Å². The lowest BCUT2D eigenvalue weighted by Gasteiger charge is -2.13. The monoisotopic (exact) mass is 354 g/mol. The van der Waals surface area contributed by atoms with Gasteiger partial charge in [-0.15, -0.1) is 0 Å². The third-order valence-corrected chi connectivity index (χ3v) is 5.74. The third kappa shape index (κ3) is 4.78. The number of nitrogens with one attached hydrogen (secondary N) is 2. The first-order valence-corrected chi connectivity index (χ1v) is 9.71. The number of rotatable bonds is 8. The number of sulfonamides is 1. The molecule has 1 amide bonds. The minimum absolute atomic E-state index is 0.0654. The first-order valence-electron chi connectivity index (χ1n) is 8.23. The van der Waals surface area contributed by atoms with E-state index in [0.29, 0.717) is 22.6 Å². The number of hydrogen-bond acceptors (Lipinski definition) is 4. The summed E-state index contributed by atoms with van der Waals surface area (Å²) in [5.41, 5.74) is 2.44. The fraction of sp³-hybridized carbons (Fsp3) is 0.588. The summed E-state index contributed by atoms with van der Waals surface area (Å²) >= 11 is 0. The van der Waals surface area contributed by atoms with Crippen LogP contribution in [0.2, 0.25) is 0 Å². The van der Waals surface area contributed by atoms with Crippen LogP contribution in [-0.4, -0.2) is 39.6 Å². The molecule has 1 saturated carbocycles. The number of hydrogen-bond donors (Lipinski definition) is 2. The second-order valence-electron chi connectivity index (χ2n) is 6.28. The number of ether oxygens (including phenoxy) is 1. The van der Waals surface area contributed by atoms with E-state index in [2.05, 4.69) is 10.0 Å². The minimum atomic E-state index is -3.62. The highest BCUT2D eigenvalue weighted by Crippen LogP contribution is 2.25. The van der Waals surface area contributed by atoms with Crippen LogP contribution in [0.5, 0.6) is 0 Å². The van der Waals surface area contributed by atoms with Crippen molar-refractivity contribution in [3.63, 3.8) is 0 Å². The number of benzene rings is 1. The highest BCUT2D eigenvalue weighted by atomic mass is 32.2. The standard InChI is InChI=1S/C17H26N2O4S/c1-5-23-15-10-14(15)19-16(20)6-7-18-24(21,22)17-12(3)8-11(2)9-13(17)4/h8-9,14-15,18H,5-7,10H2,1-4H3,(H,19,20)/t14-,15+/m1/s1. The first kappa shape index (κ1) is 18.9. The molecule has 0 heterocycles. The Kier molecular flexibility index (Phi) is 6.01. The molecule has 7 heteroatoms. The molecule has 2 N–H and O–H groups in total. The Balaban J connectivity index is 1.86. The Morgan fingerprint density at radius 2 is 1.88 bits per heavy atom. The largest absolute Gasteiger partial charge is 0.376 e. The van der Waals surface area contributed by atoms with Gasteiger partial charge in [-0.25, -0.2) is 13.1 Å². The molecule has 134 valence electrons. The SMILES string of the molecule is CCO[C@H]1C[C@H]1NC(=O)CCNS(=O)(=O)c1c(C)cc(C)cc1C. The van der Waals surface area contributed by atoms with Crippen LogP contribution in [0, 0.1) is 20.8 Å². The molecule has 24 heavy (non-hydrogen) atoms. The maximum Gasteiger partial charge on any atom is 0.241 e. The predicted molar refractivity (Wildman–Crippen MR) is 92.4 cm³/mol. The summed E-state index contributed by atoms with van der Waals surface area (Å²) < 4.78 is 32.9. The molecule has 1 aromatic carbocycles. The molecule has 2 atom stereocenters. The molecular formula is C17H26N2O4S. The van der Waals surface area contributed by atoms with Gasteiger partial charge in [0.05, 0.1) is 17.0 Å². The fourth-order valence-electron chi connectivity index (χ4n) is 2.96. The van der Waals surface area contributed by atoms with E-state index in [1.807, 2.05) is 26.0 Å². The van der Waals surface area contributed by atoms with Crippen molar-refractivity contribution in [3.05, 3.63) is 28.8 Å². The molecule has 0 aromatic heterocycles. The van der Waals surface area contributed by atoms with E-state index >= 15 is 0 Å². The second-order valence-corrected chi connectivity index (χ2v) is 7.98. The highest BCUT2D eigenvalue weighted by Gasteiger charge is 2.38. The molecular weight excluding hydrogens is 328 g/mol. The van der Waals surface area contributed by atoms with E-state index in [1.54, 1.807) is 13.8 Å². The van der Waals surface area contributed by atoms with Gasteiger partial charge in [0.2, 0.25) is 15.9 Å². The average Bonchev–Trinajstić information content (AvgIpc) is 3.14. The van der Waals surface area contributed by atoms with Gasteiger partial charge < -0.3 is 10.1 Å². The van der Waals surface area contributed by atoms with Crippen molar-refractivity contribution in [2.45, 2.75) is 57.6 Å². The topological polar surface area (TPSA) is 84.5 Å². The molecule has 0 spiro atoms. The van der Waals surface area contributed by atoms with E-state index in [4.69, 9.17) is 4.74 Å². The van der Waals surface area contributed by atoms with Gasteiger partial charge in [0.1, 0.15) is 0 Å². The number of carbonyl (C=O) groups is 1. The van der Waals surface area contributed by atoms with Crippen molar-refractivity contribution in [1.29, 1.82) is 0 Å². The Labute approximate surface area is 144 Å². The van der Waals surface area contributed by atoms with Gasteiger partial charge in [0, 0.05) is 19.6 Å². The van der Waals surface area contributed by atoms with Crippen LogP contribution < -0.4 is 10.0 Å². The van der Waals surface area contributed by atoms with E-state index in [1.165, 1.54) is 0 Å². The van der Waals surface area contributed by atoms with Crippen LogP contribution >= 0.6 is 0 Å². The third-order valence-electron chi connectivity index (χ3n) is 3.98. The molecule has 1 fully saturated rings. The van der Waals surface area contributed by atoms with Gasteiger partial charge in [0.15, 0.2) is 0 Å². The summed E-state index contributed by atoms with van der Waals surface area (Å²) in [7, 11) is -3.62. The van der Waals surface area contributed by atoms with Gasteiger partial charge in [-0.2, -0.15) is 0 Å². The van der Waals surface area contributed by atoms with Gasteiger partial charge in [-0.3, -0.25) is 4.79 Å². The van der Waals surface area contributed by atoms with Crippen molar-refractivity contribution < 1.29 is 17.9 Å². The average molecular weight is 354 g/mol. The molecule has 1 aliphatic carbocycles. The smallest absolute Gasteiger partial charge is 0.241 e. The zero-order valence-electron chi connectivity index (χ0n) is 14.7. The summed E-state index contributed by atoms with van der Waals surface area (Å²) in [5.74, 6) is -0.165. The molecule has 0 radical (unpaired) electrons. The van der Waals surface area contributed by atoms with Crippen LogP contribution in [-0.2, 0) is 19.6 Å². The highest BCUT2D eigenvalue weighted by molar-refractivity contribution is 7.89. The molecule has 1 aromatic rings. The molecule has 6 nitrogen and oxygen atoms in total. The maximum atomic E-state index is 12.5. The zero-order chi connectivity index (χ0) is 17.9. The maximum absolute atomic E-state index is 12.5. The molecule has 0 bridgehead atoms. The molecule has 1 aliphatic rings. The molecule has 2 rings (SSSR count). The lowest BCUT2D eigenvalue weighted by atomic mass is 10.1. The first-order chi connectivity index (χ1) is 11.2. The molecule has 0 saturated heterocycles. The van der Waals surface area contributed by atoms with Crippen molar-refractivity contribution >= 4 is 15.9 Å². The Hall–Kier alpha value is -1.44. The Morgan fingerprint density at radius 1 is 1.25 bits per heavy atom. The summed E-state index contributed by atoms with van der Waals surface area (Å²) in [6.07, 6.45) is 1.04. The summed E-state index contributed by atoms with van der Waals surface area (Å²) in [6.45, 7) is 8.12. The van der Waals surface area contributed by atoms with Gasteiger partial charge in [-0.05, 0) is 45.2 Å². The Bertz CT molecular complexity index is 692. The van der Waals surface area contributed by atoms with Gasteiger partial charge in [0.25, 0.3) is 0 Å². The van der Waals surface area contributed by atoms with Crippen molar-refractivity contribution in [3.8, 4) is 0 Å². The molecule has 0 unspecified atom stereocenters. The number of carbonyl (C=O) groups excluding carboxylic acids is 1. The van der Waals surface area contributed by atoms with Gasteiger partial charge in [-0.1, -0.05) is 17.7 Å². The summed E-state index contributed by atoms with van der Waals surface area (Å²) in [4.78, 5) is 12.1. The fourth-order valence-corrected chi connectivity index (χ4v) is 4.44. The van der Waals surface area contributed by atoms with Crippen LogP contribution in [0.4, 0.5) is 0 Å². The van der Waals surface area contributed by atoms with Crippen LogP contribution in [0.1, 0.15) is 36.5 Å². The van der Waals surface area contributed by atoms with E-state index in [0.717, 1.165) is 12.0 Å². The minimum Gasteiger partial charge on any atom is -0.376 e. The number of amides is 1. The predicted octanol–water partition coefficient (Wildman–Crippen LogP) is 1.57. The zero-order valence-corrected chi connectivity index (χ0v) is 15.5.